The van der Waals surface area contributed by atoms with Crippen molar-refractivity contribution in [1.82, 2.24) is 9.21 Å². The van der Waals surface area contributed by atoms with Gasteiger partial charge in [0.15, 0.2) is 0 Å². The summed E-state index contributed by atoms with van der Waals surface area (Å²) in [5.74, 6) is 0.129. The van der Waals surface area contributed by atoms with Crippen molar-refractivity contribution < 1.29 is 17.9 Å². The zero-order valence-electron chi connectivity index (χ0n) is 16.0. The van der Waals surface area contributed by atoms with Crippen molar-refractivity contribution in [3.8, 4) is 5.75 Å². The third-order valence-electron chi connectivity index (χ3n) is 4.90. The van der Waals surface area contributed by atoms with Crippen LogP contribution in [0.15, 0.2) is 53.4 Å². The van der Waals surface area contributed by atoms with Gasteiger partial charge in [-0.15, -0.1) is 11.6 Å². The van der Waals surface area contributed by atoms with Crippen LogP contribution >= 0.6 is 11.6 Å². The molecule has 0 radical (unpaired) electrons. The summed E-state index contributed by atoms with van der Waals surface area (Å²) in [7, 11) is -2.25. The molecule has 2 aromatic carbocycles. The highest BCUT2D eigenvalue weighted by atomic mass is 35.5. The average Bonchev–Trinajstić information content (AvgIpc) is 3.05. The number of nitrogens with zero attached hydrogens (tertiary/aromatic N) is 2. The van der Waals surface area contributed by atoms with Gasteiger partial charge in [0.1, 0.15) is 17.8 Å². The number of halogens is 1. The van der Waals surface area contributed by atoms with Crippen molar-refractivity contribution in [2.75, 3.05) is 19.5 Å². The first-order valence-corrected chi connectivity index (χ1v) is 10.9. The zero-order chi connectivity index (χ0) is 20.5. The Balaban J connectivity index is 2.09. The number of hydrogen-bond acceptors (Lipinski definition) is 4. The number of sulfonamides is 1. The second-order valence-electron chi connectivity index (χ2n) is 6.82. The van der Waals surface area contributed by atoms with Gasteiger partial charge in [0.2, 0.25) is 15.9 Å². The third-order valence-corrected chi connectivity index (χ3v) is 6.96. The molecule has 0 saturated carbocycles. The lowest BCUT2D eigenvalue weighted by molar-refractivity contribution is -0.131. The summed E-state index contributed by atoms with van der Waals surface area (Å²) in [6, 6.07) is 13.4. The summed E-state index contributed by atoms with van der Waals surface area (Å²) in [5, 5.41) is 0. The molecule has 0 unspecified atom stereocenters. The summed E-state index contributed by atoms with van der Waals surface area (Å²) in [4.78, 5) is 14.3. The van der Waals surface area contributed by atoms with E-state index >= 15 is 0 Å². The Bertz CT molecular complexity index is 945. The Morgan fingerprint density at radius 3 is 2.29 bits per heavy atom. The molecule has 1 heterocycles. The number of benzene rings is 2. The van der Waals surface area contributed by atoms with Crippen molar-refractivity contribution in [3.05, 3.63) is 59.7 Å². The number of ether oxygens (including phenoxy) is 1. The number of methoxy groups -OCH3 is 1. The molecule has 2 aromatic rings. The molecule has 0 N–H and O–H groups in total. The van der Waals surface area contributed by atoms with E-state index in [9.17, 15) is 13.2 Å². The molecule has 0 aromatic heterocycles. The van der Waals surface area contributed by atoms with Crippen LogP contribution in [0.5, 0.6) is 5.75 Å². The quantitative estimate of drug-likeness (QED) is 0.694. The van der Waals surface area contributed by atoms with E-state index < -0.39 is 16.2 Å². The van der Waals surface area contributed by atoms with Crippen LogP contribution in [0.4, 0.5) is 0 Å². The fraction of sp³-hybridized carbons (Fsp3) is 0.350. The van der Waals surface area contributed by atoms with Crippen LogP contribution < -0.4 is 4.74 Å². The molecule has 28 heavy (non-hydrogen) atoms. The Labute approximate surface area is 170 Å². The Hall–Kier alpha value is -2.09. The monoisotopic (exact) mass is 422 g/mol. The maximum absolute atomic E-state index is 13.4. The number of carbonyl (C=O) groups is 1. The smallest absolute Gasteiger partial charge is 0.245 e. The van der Waals surface area contributed by atoms with Gasteiger partial charge >= 0.3 is 0 Å². The molecule has 2 atom stereocenters. The van der Waals surface area contributed by atoms with E-state index in [0.29, 0.717) is 11.3 Å². The predicted molar refractivity (Wildman–Crippen MR) is 108 cm³/mol. The summed E-state index contributed by atoms with van der Waals surface area (Å²) in [6.07, 6.45) is -0.765. The molecule has 150 valence electrons. The maximum Gasteiger partial charge on any atom is 0.245 e. The maximum atomic E-state index is 13.4. The SMILES string of the molecule is COc1ccc([C@H]2N(C(=O)CCl)[C@@H](C)CN2S(=O)(=O)c2ccc(C)cc2)cc1. The van der Waals surface area contributed by atoms with Gasteiger partial charge in [-0.1, -0.05) is 29.8 Å². The molecule has 3 rings (SSSR count). The second-order valence-corrected chi connectivity index (χ2v) is 8.98. The van der Waals surface area contributed by atoms with Crippen LogP contribution in [0.2, 0.25) is 0 Å². The molecule has 0 bridgehead atoms. The lowest BCUT2D eigenvalue weighted by Crippen LogP contribution is -2.40. The summed E-state index contributed by atoms with van der Waals surface area (Å²) in [6.45, 7) is 3.91. The lowest BCUT2D eigenvalue weighted by atomic mass is 10.1. The molecule has 0 spiro atoms. The summed E-state index contributed by atoms with van der Waals surface area (Å²) in [5.41, 5.74) is 1.65. The fourth-order valence-electron chi connectivity index (χ4n) is 3.46. The van der Waals surface area contributed by atoms with E-state index in [2.05, 4.69) is 0 Å². The molecular formula is C20H23ClN2O4S. The summed E-state index contributed by atoms with van der Waals surface area (Å²) < 4.78 is 33.3. The minimum atomic E-state index is -3.81. The number of carbonyl (C=O) groups excluding carboxylic acids is 1. The van der Waals surface area contributed by atoms with Crippen molar-refractivity contribution >= 4 is 27.5 Å². The van der Waals surface area contributed by atoms with Crippen molar-refractivity contribution in [1.29, 1.82) is 0 Å². The van der Waals surface area contributed by atoms with Crippen LogP contribution in [0.1, 0.15) is 24.2 Å². The van der Waals surface area contributed by atoms with Crippen molar-refractivity contribution in [3.63, 3.8) is 0 Å². The van der Waals surface area contributed by atoms with E-state index in [1.54, 1.807) is 60.5 Å². The Kier molecular flexibility index (Phi) is 5.98. The average molecular weight is 423 g/mol. The van der Waals surface area contributed by atoms with E-state index in [0.717, 1.165) is 5.56 Å². The molecule has 6 nitrogen and oxygen atoms in total. The van der Waals surface area contributed by atoms with E-state index in [1.807, 2.05) is 13.8 Å². The number of aryl methyl sites for hydroxylation is 1. The van der Waals surface area contributed by atoms with Crippen LogP contribution in [0.3, 0.4) is 0 Å². The fourth-order valence-corrected chi connectivity index (χ4v) is 5.24. The molecule has 0 aliphatic carbocycles. The highest BCUT2D eigenvalue weighted by Gasteiger charge is 2.46. The number of hydrogen-bond donors (Lipinski definition) is 0. The van der Waals surface area contributed by atoms with E-state index in [4.69, 9.17) is 16.3 Å². The zero-order valence-corrected chi connectivity index (χ0v) is 17.6. The van der Waals surface area contributed by atoms with Gasteiger partial charge < -0.3 is 9.64 Å². The predicted octanol–water partition coefficient (Wildman–Crippen LogP) is 3.16. The van der Waals surface area contributed by atoms with Crippen LogP contribution in [0, 0.1) is 6.92 Å². The minimum absolute atomic E-state index is 0.190. The minimum Gasteiger partial charge on any atom is -0.497 e. The second kappa shape index (κ2) is 8.11. The van der Waals surface area contributed by atoms with Gasteiger partial charge in [-0.25, -0.2) is 8.42 Å². The van der Waals surface area contributed by atoms with Gasteiger partial charge in [0, 0.05) is 12.6 Å². The third kappa shape index (κ3) is 3.74. The Morgan fingerprint density at radius 1 is 1.14 bits per heavy atom. The number of amides is 1. The largest absolute Gasteiger partial charge is 0.497 e. The topological polar surface area (TPSA) is 66.9 Å². The molecule has 8 heteroatoms. The molecule has 1 aliphatic heterocycles. The highest BCUT2D eigenvalue weighted by Crippen LogP contribution is 2.38. The van der Waals surface area contributed by atoms with Crippen LogP contribution in [-0.4, -0.2) is 49.1 Å². The molecular weight excluding hydrogens is 400 g/mol. The van der Waals surface area contributed by atoms with Gasteiger partial charge in [-0.2, -0.15) is 4.31 Å². The van der Waals surface area contributed by atoms with Crippen LogP contribution in [-0.2, 0) is 14.8 Å². The first-order valence-electron chi connectivity index (χ1n) is 8.89. The van der Waals surface area contributed by atoms with Gasteiger partial charge in [-0.3, -0.25) is 4.79 Å². The molecule has 1 fully saturated rings. The van der Waals surface area contributed by atoms with E-state index in [-0.39, 0.29) is 29.3 Å². The first kappa shape index (κ1) is 20.6. The van der Waals surface area contributed by atoms with Gasteiger partial charge in [-0.05, 0) is 43.7 Å². The first-order chi connectivity index (χ1) is 13.3. The van der Waals surface area contributed by atoms with Gasteiger partial charge in [0.25, 0.3) is 0 Å². The van der Waals surface area contributed by atoms with Crippen LogP contribution in [0.25, 0.3) is 0 Å². The summed E-state index contributed by atoms with van der Waals surface area (Å²) >= 11 is 5.82. The lowest BCUT2D eigenvalue weighted by Gasteiger charge is -2.31. The number of alkyl halides is 1. The molecule has 1 saturated heterocycles. The molecule has 1 aliphatic rings. The van der Waals surface area contributed by atoms with E-state index in [1.165, 1.54) is 4.31 Å². The van der Waals surface area contributed by atoms with Crippen molar-refractivity contribution in [2.45, 2.75) is 31.0 Å². The standard InChI is InChI=1S/C20H23ClN2O4S/c1-14-4-10-18(11-5-14)28(25,26)22-13-15(2)23(19(24)12-21)20(22)16-6-8-17(27-3)9-7-16/h4-11,15,20H,12-13H2,1-3H3/t15-,20+/m0/s1. The van der Waals surface area contributed by atoms with Crippen molar-refractivity contribution in [2.24, 2.45) is 0 Å². The highest BCUT2D eigenvalue weighted by molar-refractivity contribution is 7.89. The van der Waals surface area contributed by atoms with Gasteiger partial charge in [0.05, 0.1) is 12.0 Å². The Morgan fingerprint density at radius 2 is 1.75 bits per heavy atom. The number of rotatable bonds is 5. The molecule has 1 amide bonds. The normalized spacial score (nSPS) is 20.4.